The predicted molar refractivity (Wildman–Crippen MR) is 54.2 cm³/mol. The lowest BCUT2D eigenvalue weighted by atomic mass is 10.3. The zero-order valence-electron chi connectivity index (χ0n) is 7.84. The van der Waals surface area contributed by atoms with Crippen LogP contribution in [0.5, 0.6) is 0 Å². The highest BCUT2D eigenvalue weighted by atomic mass is 32.2. The molecule has 0 spiro atoms. The minimum absolute atomic E-state index is 0.129. The van der Waals surface area contributed by atoms with Gasteiger partial charge in [0.1, 0.15) is 11.2 Å². The molecule has 0 aliphatic rings. The summed E-state index contributed by atoms with van der Waals surface area (Å²) in [4.78, 5) is 24.3. The number of hydrogen-bond acceptors (Lipinski definition) is 5. The third-order valence-electron chi connectivity index (χ3n) is 1.56. The lowest BCUT2D eigenvalue weighted by Crippen LogP contribution is -2.02. The standard InChI is InChI=1S/C8H8N2O4S/c1-2-15-7-6(8(11)12)3-5(4-9-7)10(13)14/h3-4H,2H2,1H3,(H,11,12). The average Bonchev–Trinajstić information content (AvgIpc) is 2.18. The Kier molecular flexibility index (Phi) is 3.62. The largest absolute Gasteiger partial charge is 0.478 e. The molecule has 1 aromatic rings. The van der Waals surface area contributed by atoms with E-state index < -0.39 is 10.9 Å². The van der Waals surface area contributed by atoms with Gasteiger partial charge in [-0.2, -0.15) is 0 Å². The number of nitro groups is 1. The first-order valence-corrected chi connectivity index (χ1v) is 5.05. The number of aromatic carboxylic acids is 1. The van der Waals surface area contributed by atoms with Crippen molar-refractivity contribution in [2.75, 3.05) is 5.75 Å². The maximum Gasteiger partial charge on any atom is 0.338 e. The van der Waals surface area contributed by atoms with E-state index in [9.17, 15) is 14.9 Å². The summed E-state index contributed by atoms with van der Waals surface area (Å²) < 4.78 is 0. The van der Waals surface area contributed by atoms with E-state index in [2.05, 4.69) is 4.98 Å². The summed E-state index contributed by atoms with van der Waals surface area (Å²) in [5, 5.41) is 19.5. The SMILES string of the molecule is CCSc1ncc([N+](=O)[O-])cc1C(=O)O. The van der Waals surface area contributed by atoms with E-state index in [4.69, 9.17) is 5.11 Å². The molecule has 0 aliphatic carbocycles. The number of rotatable bonds is 4. The van der Waals surface area contributed by atoms with E-state index in [1.807, 2.05) is 6.92 Å². The van der Waals surface area contributed by atoms with Crippen LogP contribution >= 0.6 is 11.8 Å². The van der Waals surface area contributed by atoms with Crippen molar-refractivity contribution in [2.45, 2.75) is 11.9 Å². The summed E-state index contributed by atoms with van der Waals surface area (Å²) >= 11 is 1.24. The molecule has 0 fully saturated rings. The first kappa shape index (κ1) is 11.4. The van der Waals surface area contributed by atoms with Crippen molar-refractivity contribution >= 4 is 23.4 Å². The smallest absolute Gasteiger partial charge is 0.338 e. The molecule has 1 aromatic heterocycles. The normalized spacial score (nSPS) is 9.93. The number of nitrogens with zero attached hydrogens (tertiary/aromatic N) is 2. The molecule has 80 valence electrons. The molecule has 0 saturated carbocycles. The second kappa shape index (κ2) is 4.74. The molecule has 15 heavy (non-hydrogen) atoms. The highest BCUT2D eigenvalue weighted by Crippen LogP contribution is 2.23. The van der Waals surface area contributed by atoms with Gasteiger partial charge in [0.05, 0.1) is 10.5 Å². The van der Waals surface area contributed by atoms with Crippen molar-refractivity contribution < 1.29 is 14.8 Å². The van der Waals surface area contributed by atoms with Gasteiger partial charge in [-0.3, -0.25) is 10.1 Å². The van der Waals surface area contributed by atoms with Crippen LogP contribution in [-0.2, 0) is 0 Å². The lowest BCUT2D eigenvalue weighted by Gasteiger charge is -2.02. The number of aromatic nitrogens is 1. The van der Waals surface area contributed by atoms with Gasteiger partial charge in [0.15, 0.2) is 0 Å². The van der Waals surface area contributed by atoms with Crippen LogP contribution in [0, 0.1) is 10.1 Å². The lowest BCUT2D eigenvalue weighted by molar-refractivity contribution is -0.385. The maximum atomic E-state index is 10.8. The maximum absolute atomic E-state index is 10.8. The Balaban J connectivity index is 3.20. The third kappa shape index (κ3) is 2.66. The van der Waals surface area contributed by atoms with Crippen LogP contribution in [-0.4, -0.2) is 26.7 Å². The van der Waals surface area contributed by atoms with Crippen LogP contribution in [0.2, 0.25) is 0 Å². The fourth-order valence-corrected chi connectivity index (χ4v) is 1.65. The van der Waals surface area contributed by atoms with E-state index in [0.717, 1.165) is 12.3 Å². The van der Waals surface area contributed by atoms with E-state index in [0.29, 0.717) is 10.8 Å². The summed E-state index contributed by atoms with van der Waals surface area (Å²) in [6.45, 7) is 1.85. The highest BCUT2D eigenvalue weighted by molar-refractivity contribution is 7.99. The first-order valence-electron chi connectivity index (χ1n) is 4.06. The molecule has 0 amide bonds. The Morgan fingerprint density at radius 1 is 1.73 bits per heavy atom. The zero-order chi connectivity index (χ0) is 11.4. The number of carboxylic acids is 1. The van der Waals surface area contributed by atoms with E-state index in [-0.39, 0.29) is 11.3 Å². The molecule has 0 radical (unpaired) electrons. The summed E-state index contributed by atoms with van der Waals surface area (Å²) in [5.41, 5.74) is -0.441. The minimum atomic E-state index is -1.21. The summed E-state index contributed by atoms with van der Waals surface area (Å²) in [6.07, 6.45) is 1.06. The third-order valence-corrected chi connectivity index (χ3v) is 2.45. The molecule has 0 aromatic carbocycles. The molecule has 1 N–H and O–H groups in total. The Labute approximate surface area is 89.5 Å². The van der Waals surface area contributed by atoms with Crippen molar-refractivity contribution in [3.05, 3.63) is 27.9 Å². The number of carbonyl (C=O) groups is 1. The van der Waals surface area contributed by atoms with Gasteiger partial charge in [0.25, 0.3) is 5.69 Å². The number of hydrogen-bond donors (Lipinski definition) is 1. The van der Waals surface area contributed by atoms with Gasteiger partial charge in [-0.1, -0.05) is 6.92 Å². The Morgan fingerprint density at radius 2 is 2.40 bits per heavy atom. The summed E-state index contributed by atoms with van der Waals surface area (Å²) in [5.74, 6) is -0.549. The molecule has 7 heteroatoms. The van der Waals surface area contributed by atoms with Crippen molar-refractivity contribution in [1.29, 1.82) is 0 Å². The molecular formula is C8H8N2O4S. The zero-order valence-corrected chi connectivity index (χ0v) is 8.65. The molecule has 0 bridgehead atoms. The molecule has 1 rings (SSSR count). The first-order chi connectivity index (χ1) is 7.06. The molecule has 0 saturated heterocycles. The minimum Gasteiger partial charge on any atom is -0.478 e. The van der Waals surface area contributed by atoms with Crippen LogP contribution in [0.3, 0.4) is 0 Å². The topological polar surface area (TPSA) is 93.3 Å². The highest BCUT2D eigenvalue weighted by Gasteiger charge is 2.17. The van der Waals surface area contributed by atoms with Crippen molar-refractivity contribution in [2.24, 2.45) is 0 Å². The average molecular weight is 228 g/mol. The molecule has 0 atom stereocenters. The molecule has 0 unspecified atom stereocenters. The van der Waals surface area contributed by atoms with Gasteiger partial charge in [0, 0.05) is 6.07 Å². The van der Waals surface area contributed by atoms with Crippen LogP contribution in [0.15, 0.2) is 17.3 Å². The monoisotopic (exact) mass is 228 g/mol. The molecule has 1 heterocycles. The van der Waals surface area contributed by atoms with Crippen LogP contribution in [0.4, 0.5) is 5.69 Å². The van der Waals surface area contributed by atoms with Gasteiger partial charge in [-0.05, 0) is 5.75 Å². The van der Waals surface area contributed by atoms with E-state index >= 15 is 0 Å². The molecule has 0 aliphatic heterocycles. The van der Waals surface area contributed by atoms with E-state index in [1.165, 1.54) is 11.8 Å². The number of pyridine rings is 1. The van der Waals surface area contributed by atoms with Crippen molar-refractivity contribution in [1.82, 2.24) is 4.98 Å². The summed E-state index contributed by atoms with van der Waals surface area (Å²) in [6, 6.07) is 1.02. The van der Waals surface area contributed by atoms with Crippen LogP contribution in [0.25, 0.3) is 0 Å². The van der Waals surface area contributed by atoms with Crippen LogP contribution in [0.1, 0.15) is 17.3 Å². The molecule has 6 nitrogen and oxygen atoms in total. The molecular weight excluding hydrogens is 220 g/mol. The van der Waals surface area contributed by atoms with Gasteiger partial charge >= 0.3 is 5.97 Å². The number of thioether (sulfide) groups is 1. The number of carboxylic acid groups (broad SMARTS) is 1. The fraction of sp³-hybridized carbons (Fsp3) is 0.250. The Morgan fingerprint density at radius 3 is 2.87 bits per heavy atom. The quantitative estimate of drug-likeness (QED) is 0.479. The summed E-state index contributed by atoms with van der Waals surface area (Å²) in [7, 11) is 0. The Bertz CT molecular complexity index is 408. The Hall–Kier alpha value is -1.63. The van der Waals surface area contributed by atoms with Crippen molar-refractivity contribution in [3.8, 4) is 0 Å². The predicted octanol–water partition coefficient (Wildman–Crippen LogP) is 1.80. The van der Waals surface area contributed by atoms with Gasteiger partial charge < -0.3 is 5.11 Å². The van der Waals surface area contributed by atoms with E-state index in [1.54, 1.807) is 0 Å². The van der Waals surface area contributed by atoms with Gasteiger partial charge in [0.2, 0.25) is 0 Å². The van der Waals surface area contributed by atoms with Crippen molar-refractivity contribution in [3.63, 3.8) is 0 Å². The second-order valence-corrected chi connectivity index (χ2v) is 3.79. The van der Waals surface area contributed by atoms with Gasteiger partial charge in [-0.15, -0.1) is 11.8 Å². The van der Waals surface area contributed by atoms with Gasteiger partial charge in [-0.25, -0.2) is 9.78 Å². The second-order valence-electron chi connectivity index (χ2n) is 2.54. The van der Waals surface area contributed by atoms with Crippen LogP contribution < -0.4 is 0 Å². The fourth-order valence-electron chi connectivity index (χ4n) is 0.946.